The highest BCUT2D eigenvalue weighted by Crippen LogP contribution is 2.32. The van der Waals surface area contributed by atoms with E-state index in [0.29, 0.717) is 0 Å². The smallest absolute Gasteiger partial charge is 0.239 e. The van der Waals surface area contributed by atoms with Gasteiger partial charge in [-0.15, -0.1) is 0 Å². The molecule has 0 N–H and O–H groups in total. The van der Waals surface area contributed by atoms with E-state index in [1.807, 2.05) is 0 Å². The minimum Gasteiger partial charge on any atom is -0.294 e. The van der Waals surface area contributed by atoms with Gasteiger partial charge in [0.1, 0.15) is 5.03 Å². The number of pyridine rings is 1. The van der Waals surface area contributed by atoms with Gasteiger partial charge in [-0.1, -0.05) is 11.6 Å². The summed E-state index contributed by atoms with van der Waals surface area (Å²) >= 11 is 9.31. The zero-order chi connectivity index (χ0) is 18.4. The van der Waals surface area contributed by atoms with Crippen molar-refractivity contribution in [1.82, 2.24) is 3.97 Å². The van der Waals surface area contributed by atoms with E-state index in [2.05, 4.69) is 15.9 Å². The third-order valence-corrected chi connectivity index (χ3v) is 7.05. The van der Waals surface area contributed by atoms with Crippen LogP contribution in [-0.4, -0.2) is 34.4 Å². The Morgan fingerprint density at radius 3 is 2.42 bits per heavy atom. The molecule has 0 aliphatic carbocycles. The minimum atomic E-state index is -3.97. The first-order chi connectivity index (χ1) is 11.0. The van der Waals surface area contributed by atoms with Crippen LogP contribution in [-0.2, 0) is 20.8 Å². The quantitative estimate of drug-likeness (QED) is 0.662. The van der Waals surface area contributed by atoms with E-state index in [9.17, 15) is 22.2 Å². The SMILES string of the molecule is CCS(=O)(=O)n1c(S(C)=O)c(C(C)=O)c(=O)c2c(Cl)ccc(Br)c21. The number of hydrogen-bond acceptors (Lipinski definition) is 5. The molecule has 130 valence electrons. The van der Waals surface area contributed by atoms with Crippen LogP contribution in [0.1, 0.15) is 24.2 Å². The van der Waals surface area contributed by atoms with E-state index in [-0.39, 0.29) is 31.2 Å². The van der Waals surface area contributed by atoms with Crippen molar-refractivity contribution in [2.24, 2.45) is 0 Å². The predicted octanol–water partition coefficient (Wildman–Crippen LogP) is 2.56. The molecule has 0 aliphatic rings. The maximum absolute atomic E-state index is 12.8. The number of carbonyl (C=O) groups excluding carboxylic acids is 1. The van der Waals surface area contributed by atoms with E-state index < -0.39 is 37.6 Å². The Morgan fingerprint density at radius 2 is 1.96 bits per heavy atom. The molecular formula is C14H13BrClNO5S2. The summed E-state index contributed by atoms with van der Waals surface area (Å²) in [5, 5.41) is -0.443. The Hall–Kier alpha value is -1.03. The number of nitrogens with zero attached hydrogens (tertiary/aromatic N) is 1. The maximum atomic E-state index is 12.8. The molecule has 2 aromatic rings. The Balaban J connectivity index is 3.41. The van der Waals surface area contributed by atoms with Gasteiger partial charge in [0.2, 0.25) is 15.5 Å². The molecule has 0 aliphatic heterocycles. The first kappa shape index (κ1) is 19.3. The molecular weight excluding hydrogens is 442 g/mol. The molecule has 1 aromatic heterocycles. The topological polar surface area (TPSA) is 90.3 Å². The minimum absolute atomic E-state index is 0.00851. The second-order valence-corrected chi connectivity index (χ2v) is 9.60. The monoisotopic (exact) mass is 453 g/mol. The van der Waals surface area contributed by atoms with Gasteiger partial charge in [0.05, 0.1) is 38.0 Å². The third kappa shape index (κ3) is 2.98. The van der Waals surface area contributed by atoms with Crippen molar-refractivity contribution >= 4 is 65.0 Å². The van der Waals surface area contributed by atoms with Crippen LogP contribution in [0.5, 0.6) is 0 Å². The highest BCUT2D eigenvalue weighted by Gasteiger charge is 2.29. The van der Waals surface area contributed by atoms with Crippen LogP contribution in [0.4, 0.5) is 0 Å². The Bertz CT molecular complexity index is 1060. The van der Waals surface area contributed by atoms with Crippen molar-refractivity contribution in [3.8, 4) is 0 Å². The second kappa shape index (κ2) is 6.70. The maximum Gasteiger partial charge on any atom is 0.239 e. The molecule has 0 fully saturated rings. The summed E-state index contributed by atoms with van der Waals surface area (Å²) in [5.74, 6) is -0.992. The molecule has 10 heteroatoms. The van der Waals surface area contributed by atoms with Crippen LogP contribution in [0.15, 0.2) is 26.4 Å². The van der Waals surface area contributed by atoms with Gasteiger partial charge in [-0.05, 0) is 41.9 Å². The molecule has 0 amide bonds. The normalized spacial score (nSPS) is 13.2. The van der Waals surface area contributed by atoms with Gasteiger partial charge in [-0.2, -0.15) is 0 Å². The van der Waals surface area contributed by atoms with Crippen molar-refractivity contribution in [2.45, 2.75) is 18.9 Å². The van der Waals surface area contributed by atoms with Crippen LogP contribution < -0.4 is 5.43 Å². The third-order valence-electron chi connectivity index (χ3n) is 3.40. The Kier molecular flexibility index (Phi) is 5.39. The summed E-state index contributed by atoms with van der Waals surface area (Å²) in [5.41, 5.74) is -1.19. The average Bonchev–Trinajstić information content (AvgIpc) is 2.49. The average molecular weight is 455 g/mol. The number of hydrogen-bond donors (Lipinski definition) is 0. The predicted molar refractivity (Wildman–Crippen MR) is 98.1 cm³/mol. The molecule has 1 atom stereocenters. The summed E-state index contributed by atoms with van der Waals surface area (Å²) < 4.78 is 38.6. The molecule has 1 unspecified atom stereocenters. The zero-order valence-corrected chi connectivity index (χ0v) is 16.9. The van der Waals surface area contributed by atoms with Gasteiger partial charge < -0.3 is 0 Å². The fourth-order valence-electron chi connectivity index (χ4n) is 2.35. The number of rotatable bonds is 4. The summed E-state index contributed by atoms with van der Waals surface area (Å²) in [7, 11) is -5.87. The van der Waals surface area contributed by atoms with Crippen LogP contribution in [0.3, 0.4) is 0 Å². The first-order valence-corrected chi connectivity index (χ1v) is 11.0. The van der Waals surface area contributed by atoms with Crippen molar-refractivity contribution in [3.63, 3.8) is 0 Å². The molecule has 6 nitrogen and oxygen atoms in total. The lowest BCUT2D eigenvalue weighted by Gasteiger charge is -2.19. The van der Waals surface area contributed by atoms with Gasteiger partial charge in [-0.3, -0.25) is 13.8 Å². The lowest BCUT2D eigenvalue weighted by Crippen LogP contribution is -2.29. The van der Waals surface area contributed by atoms with Gasteiger partial charge in [0, 0.05) is 10.7 Å². The lowest BCUT2D eigenvalue weighted by molar-refractivity contribution is 0.101. The summed E-state index contributed by atoms with van der Waals surface area (Å²) in [6, 6.07) is 2.91. The molecule has 0 spiro atoms. The number of Topliss-reactive ketones (excluding diaryl/α,β-unsaturated/α-hetero) is 1. The largest absolute Gasteiger partial charge is 0.294 e. The van der Waals surface area contributed by atoms with Crippen molar-refractivity contribution in [2.75, 3.05) is 12.0 Å². The summed E-state index contributed by atoms with van der Waals surface area (Å²) in [6.07, 6.45) is 1.22. The molecule has 0 bridgehead atoms. The zero-order valence-electron chi connectivity index (χ0n) is 12.9. The number of aromatic nitrogens is 1. The van der Waals surface area contributed by atoms with Crippen molar-refractivity contribution < 1.29 is 17.4 Å². The van der Waals surface area contributed by atoms with E-state index in [1.165, 1.54) is 25.3 Å². The van der Waals surface area contributed by atoms with Crippen LogP contribution >= 0.6 is 27.5 Å². The number of ketones is 1. The number of benzene rings is 1. The number of fused-ring (bicyclic) bond motifs is 1. The van der Waals surface area contributed by atoms with Gasteiger partial charge in [0.25, 0.3) is 0 Å². The van der Waals surface area contributed by atoms with Crippen LogP contribution in [0.25, 0.3) is 10.9 Å². The van der Waals surface area contributed by atoms with E-state index in [4.69, 9.17) is 11.6 Å². The fourth-order valence-corrected chi connectivity index (χ4v) is 5.78. The second-order valence-electron chi connectivity index (χ2n) is 4.94. The van der Waals surface area contributed by atoms with E-state index in [0.717, 1.165) is 10.9 Å². The highest BCUT2D eigenvalue weighted by atomic mass is 79.9. The molecule has 24 heavy (non-hydrogen) atoms. The van der Waals surface area contributed by atoms with E-state index in [1.54, 1.807) is 0 Å². The summed E-state index contributed by atoms with van der Waals surface area (Å²) in [4.78, 5) is 24.8. The van der Waals surface area contributed by atoms with Gasteiger partial charge in [-0.25, -0.2) is 12.4 Å². The van der Waals surface area contributed by atoms with Crippen LogP contribution in [0, 0.1) is 0 Å². The molecule has 0 saturated carbocycles. The van der Waals surface area contributed by atoms with Gasteiger partial charge in [0.15, 0.2) is 5.78 Å². The fraction of sp³-hybridized carbons (Fsp3) is 0.286. The highest BCUT2D eigenvalue weighted by molar-refractivity contribution is 9.10. The lowest BCUT2D eigenvalue weighted by atomic mass is 10.1. The summed E-state index contributed by atoms with van der Waals surface area (Å²) in [6.45, 7) is 2.53. The number of carbonyl (C=O) groups is 1. The molecule has 0 saturated heterocycles. The first-order valence-electron chi connectivity index (χ1n) is 6.68. The van der Waals surface area contributed by atoms with Crippen molar-refractivity contribution in [3.05, 3.63) is 37.4 Å². The Morgan fingerprint density at radius 1 is 1.38 bits per heavy atom. The van der Waals surface area contributed by atoms with Crippen molar-refractivity contribution in [1.29, 1.82) is 0 Å². The molecule has 1 aromatic carbocycles. The molecule has 1 heterocycles. The van der Waals surface area contributed by atoms with Crippen LogP contribution in [0.2, 0.25) is 5.02 Å². The van der Waals surface area contributed by atoms with E-state index >= 15 is 0 Å². The molecule has 0 radical (unpaired) electrons. The van der Waals surface area contributed by atoms with Gasteiger partial charge >= 0.3 is 0 Å². The standard InChI is InChI=1S/C14H13BrClNO5S2/c1-4-24(21,22)17-12-8(15)5-6-9(16)11(12)13(19)10(7(2)18)14(17)23(3)20/h5-6H,4H2,1-3H3. The number of halogens is 2. The Labute approximate surface area is 154 Å². The molecule has 2 rings (SSSR count).